The fraction of sp³-hybridized carbons (Fsp3) is 0.526. The molecule has 4 rings (SSSR count). The minimum atomic E-state index is -0.116. The summed E-state index contributed by atoms with van der Waals surface area (Å²) in [4.78, 5) is 12.5. The topological polar surface area (TPSA) is 75.6 Å². The van der Waals surface area contributed by atoms with E-state index in [4.69, 9.17) is 0 Å². The molecule has 2 heterocycles. The zero-order valence-corrected chi connectivity index (χ0v) is 15.8. The summed E-state index contributed by atoms with van der Waals surface area (Å²) in [7, 11) is 0. The van der Waals surface area contributed by atoms with E-state index in [1.807, 2.05) is 12.3 Å². The highest BCUT2D eigenvalue weighted by Gasteiger charge is 2.23. The number of carbonyl (C=O) groups is 1. The van der Waals surface area contributed by atoms with Crippen molar-refractivity contribution in [3.63, 3.8) is 0 Å². The van der Waals surface area contributed by atoms with Gasteiger partial charge in [-0.15, -0.1) is 0 Å². The number of hydrogen-bond acceptors (Lipinski definition) is 4. The van der Waals surface area contributed by atoms with E-state index >= 15 is 0 Å². The lowest BCUT2D eigenvalue weighted by atomic mass is 10.1. The van der Waals surface area contributed by atoms with Gasteiger partial charge in [0, 0.05) is 23.9 Å². The smallest absolute Gasteiger partial charge is 0.272 e. The maximum absolute atomic E-state index is 12.5. The molecule has 0 atom stereocenters. The molecule has 1 amide bonds. The van der Waals surface area contributed by atoms with Crippen LogP contribution in [0.1, 0.15) is 49.0 Å². The van der Waals surface area contributed by atoms with Crippen LogP contribution in [0.4, 0.5) is 0 Å². The Bertz CT molecular complexity index is 911. The third kappa shape index (κ3) is 3.58. The average Bonchev–Trinajstić information content (AvgIpc) is 3.20. The first-order chi connectivity index (χ1) is 12.8. The number of nitrogens with zero attached hydrogens (tertiary/aromatic N) is 3. The molecule has 0 radical (unpaired) electrons. The monoisotopic (exact) mass is 371 g/mol. The lowest BCUT2D eigenvalue weighted by molar-refractivity contribution is 0.0949. The number of aromatic amines is 1. The van der Waals surface area contributed by atoms with Crippen molar-refractivity contribution in [2.75, 3.05) is 12.3 Å². The number of carbonyl (C=O) groups excluding carboxylic acids is 1. The highest BCUT2D eigenvalue weighted by molar-refractivity contribution is 7.80. The molecule has 0 unspecified atom stereocenters. The molecule has 2 N–H and O–H groups in total. The molecule has 7 heteroatoms. The zero-order chi connectivity index (χ0) is 17.9. The molecule has 138 valence electrons. The SMILES string of the molecule is O=C(NCCCCCCS)c1n[nH]c2c1ccc1c2cnn1CC1CC1. The molecule has 0 aliphatic heterocycles. The number of fused-ring (bicyclic) bond motifs is 3. The Kier molecular flexibility index (Phi) is 5.15. The van der Waals surface area contributed by atoms with Crippen LogP contribution >= 0.6 is 12.6 Å². The summed E-state index contributed by atoms with van der Waals surface area (Å²) in [5, 5.41) is 16.7. The van der Waals surface area contributed by atoms with Gasteiger partial charge in [0.2, 0.25) is 0 Å². The predicted molar refractivity (Wildman–Crippen MR) is 107 cm³/mol. The average molecular weight is 372 g/mol. The second kappa shape index (κ2) is 7.70. The summed E-state index contributed by atoms with van der Waals surface area (Å²) in [6.45, 7) is 1.66. The standard InChI is InChI=1S/C19H25N5OS/c25-19(20-9-3-1-2-4-10-26)18-14-7-8-16-15(17(14)22-23-18)11-21-24(16)12-13-5-6-13/h7-8,11,13,26H,1-6,9-10,12H2,(H,20,25)(H,22,23). The maximum atomic E-state index is 12.5. The third-order valence-corrected chi connectivity index (χ3v) is 5.39. The summed E-state index contributed by atoms with van der Waals surface area (Å²) in [5.74, 6) is 1.58. The van der Waals surface area contributed by atoms with E-state index in [0.717, 1.165) is 65.7 Å². The second-order valence-corrected chi connectivity index (χ2v) is 7.60. The summed E-state index contributed by atoms with van der Waals surface area (Å²) in [5.41, 5.74) is 2.46. The van der Waals surface area contributed by atoms with E-state index in [0.29, 0.717) is 12.2 Å². The van der Waals surface area contributed by atoms with Crippen LogP contribution in [0, 0.1) is 5.92 Å². The van der Waals surface area contributed by atoms with Crippen LogP contribution in [0.15, 0.2) is 18.3 Å². The highest BCUT2D eigenvalue weighted by atomic mass is 32.1. The fourth-order valence-corrected chi connectivity index (χ4v) is 3.61. The normalized spacial score (nSPS) is 14.3. The van der Waals surface area contributed by atoms with Gasteiger partial charge in [-0.3, -0.25) is 14.6 Å². The van der Waals surface area contributed by atoms with Crippen molar-refractivity contribution in [1.82, 2.24) is 25.3 Å². The quantitative estimate of drug-likeness (QED) is 0.398. The number of hydrogen-bond donors (Lipinski definition) is 3. The fourth-order valence-electron chi connectivity index (χ4n) is 3.38. The Morgan fingerprint density at radius 3 is 2.88 bits per heavy atom. The molecule has 1 aliphatic carbocycles. The Labute approximate surface area is 158 Å². The molecule has 0 spiro atoms. The maximum Gasteiger partial charge on any atom is 0.272 e. The van der Waals surface area contributed by atoms with Gasteiger partial charge in [-0.25, -0.2) is 0 Å². The van der Waals surface area contributed by atoms with Crippen LogP contribution in [-0.4, -0.2) is 38.2 Å². The molecule has 26 heavy (non-hydrogen) atoms. The van der Waals surface area contributed by atoms with Gasteiger partial charge >= 0.3 is 0 Å². The molecule has 1 aromatic carbocycles. The number of H-pyrrole nitrogens is 1. The molecule has 1 saturated carbocycles. The van der Waals surface area contributed by atoms with E-state index < -0.39 is 0 Å². The minimum Gasteiger partial charge on any atom is -0.351 e. The van der Waals surface area contributed by atoms with E-state index in [1.54, 1.807) is 0 Å². The number of thiol groups is 1. The van der Waals surface area contributed by atoms with Gasteiger partial charge < -0.3 is 5.32 Å². The van der Waals surface area contributed by atoms with Gasteiger partial charge in [-0.05, 0) is 49.5 Å². The molecule has 1 fully saturated rings. The van der Waals surface area contributed by atoms with Gasteiger partial charge in [0.15, 0.2) is 5.69 Å². The molecule has 0 bridgehead atoms. The van der Waals surface area contributed by atoms with E-state index in [2.05, 4.69) is 44.0 Å². The van der Waals surface area contributed by atoms with Crippen LogP contribution in [-0.2, 0) is 6.54 Å². The van der Waals surface area contributed by atoms with Crippen LogP contribution in [0.5, 0.6) is 0 Å². The lowest BCUT2D eigenvalue weighted by Crippen LogP contribution is -2.25. The molecule has 2 aromatic heterocycles. The number of aromatic nitrogens is 4. The molecule has 3 aromatic rings. The van der Waals surface area contributed by atoms with Crippen molar-refractivity contribution < 1.29 is 4.79 Å². The van der Waals surface area contributed by atoms with E-state index in [1.165, 1.54) is 12.8 Å². The van der Waals surface area contributed by atoms with Crippen molar-refractivity contribution in [3.05, 3.63) is 24.0 Å². The Morgan fingerprint density at radius 1 is 1.23 bits per heavy atom. The largest absolute Gasteiger partial charge is 0.351 e. The minimum absolute atomic E-state index is 0.116. The van der Waals surface area contributed by atoms with Crippen molar-refractivity contribution in [2.45, 2.75) is 45.1 Å². The number of nitrogens with one attached hydrogen (secondary N) is 2. The van der Waals surface area contributed by atoms with E-state index in [9.17, 15) is 4.79 Å². The Hall–Kier alpha value is -2.02. The number of rotatable bonds is 9. The summed E-state index contributed by atoms with van der Waals surface area (Å²) < 4.78 is 2.07. The summed E-state index contributed by atoms with van der Waals surface area (Å²) >= 11 is 4.21. The molecular formula is C19H25N5OS. The van der Waals surface area contributed by atoms with Crippen LogP contribution in [0.3, 0.4) is 0 Å². The number of amides is 1. The first-order valence-electron chi connectivity index (χ1n) is 9.49. The van der Waals surface area contributed by atoms with E-state index in [-0.39, 0.29) is 5.91 Å². The summed E-state index contributed by atoms with van der Waals surface area (Å²) in [6.07, 6.45) is 8.86. The third-order valence-electron chi connectivity index (χ3n) is 5.08. The van der Waals surface area contributed by atoms with Gasteiger partial charge in [0.25, 0.3) is 5.91 Å². The molecule has 6 nitrogen and oxygen atoms in total. The number of unbranched alkanes of at least 4 members (excludes halogenated alkanes) is 3. The van der Waals surface area contributed by atoms with Crippen molar-refractivity contribution in [1.29, 1.82) is 0 Å². The lowest BCUT2D eigenvalue weighted by Gasteiger charge is -2.04. The van der Waals surface area contributed by atoms with Gasteiger partial charge in [0.05, 0.1) is 17.2 Å². The zero-order valence-electron chi connectivity index (χ0n) is 14.9. The highest BCUT2D eigenvalue weighted by Crippen LogP contribution is 2.32. The summed E-state index contributed by atoms with van der Waals surface area (Å²) in [6, 6.07) is 4.03. The molecule has 1 aliphatic rings. The van der Waals surface area contributed by atoms with Crippen LogP contribution in [0.2, 0.25) is 0 Å². The second-order valence-electron chi connectivity index (χ2n) is 7.16. The first-order valence-corrected chi connectivity index (χ1v) is 10.1. The van der Waals surface area contributed by atoms with Gasteiger partial charge in [0.1, 0.15) is 0 Å². The van der Waals surface area contributed by atoms with Crippen LogP contribution < -0.4 is 5.32 Å². The molecular weight excluding hydrogens is 346 g/mol. The number of benzene rings is 1. The van der Waals surface area contributed by atoms with Crippen LogP contribution in [0.25, 0.3) is 21.8 Å². The van der Waals surface area contributed by atoms with Crippen molar-refractivity contribution >= 4 is 40.3 Å². The Balaban J connectivity index is 1.47. The Morgan fingerprint density at radius 2 is 2.08 bits per heavy atom. The van der Waals surface area contributed by atoms with Crippen molar-refractivity contribution in [2.24, 2.45) is 5.92 Å². The first kappa shape index (κ1) is 17.4. The molecule has 0 saturated heterocycles. The predicted octanol–water partition coefficient (Wildman–Crippen LogP) is 3.54. The van der Waals surface area contributed by atoms with Gasteiger partial charge in [-0.2, -0.15) is 22.8 Å². The van der Waals surface area contributed by atoms with Crippen molar-refractivity contribution in [3.8, 4) is 0 Å². The van der Waals surface area contributed by atoms with Gasteiger partial charge in [-0.1, -0.05) is 12.8 Å².